The first kappa shape index (κ1) is 22.5. The molecule has 0 spiro atoms. The molecule has 1 atom stereocenters. The fourth-order valence-corrected chi connectivity index (χ4v) is 3.91. The summed E-state index contributed by atoms with van der Waals surface area (Å²) in [4.78, 5) is 15.0. The summed E-state index contributed by atoms with van der Waals surface area (Å²) in [5.41, 5.74) is 2.77. The molecule has 6 nitrogen and oxygen atoms in total. The molecule has 0 radical (unpaired) electrons. The monoisotopic (exact) mass is 416 g/mol. The van der Waals surface area contributed by atoms with E-state index in [-0.39, 0.29) is 5.91 Å². The summed E-state index contributed by atoms with van der Waals surface area (Å²) >= 11 is 0. The van der Waals surface area contributed by atoms with Crippen LogP contribution in [-0.4, -0.2) is 49.2 Å². The Hall–Kier alpha value is -3.19. The van der Waals surface area contributed by atoms with Gasteiger partial charge in [0.15, 0.2) is 5.60 Å². The smallest absolute Gasteiger partial charge is 0.255 e. The number of ether oxygens (including phenoxy) is 1. The second-order valence-electron chi connectivity index (χ2n) is 8.51. The van der Waals surface area contributed by atoms with Gasteiger partial charge in [0, 0.05) is 33.2 Å². The number of methoxy groups -OCH3 is 1. The van der Waals surface area contributed by atoms with Crippen LogP contribution in [0.25, 0.3) is 11.1 Å². The largest absolute Gasteiger partial charge is 0.366 e. The number of amides is 1. The van der Waals surface area contributed by atoms with Gasteiger partial charge in [-0.2, -0.15) is 10.5 Å². The average Bonchev–Trinajstić information content (AvgIpc) is 2.75. The summed E-state index contributed by atoms with van der Waals surface area (Å²) in [5.74, 6) is 0.299. The molecule has 1 fully saturated rings. The Labute approximate surface area is 184 Å². The number of carbonyl (C=O) groups excluding carboxylic acids is 1. The Bertz CT molecular complexity index is 978. The summed E-state index contributed by atoms with van der Waals surface area (Å²) in [5, 5.41) is 21.4. The van der Waals surface area contributed by atoms with Gasteiger partial charge in [-0.3, -0.25) is 9.69 Å². The van der Waals surface area contributed by atoms with E-state index in [1.165, 1.54) is 0 Å². The lowest BCUT2D eigenvalue weighted by Gasteiger charge is -2.48. The summed E-state index contributed by atoms with van der Waals surface area (Å²) in [6.07, 6.45) is 0.422. The highest BCUT2D eigenvalue weighted by molar-refractivity contribution is 5.87. The number of carbonyl (C=O) groups is 1. The summed E-state index contributed by atoms with van der Waals surface area (Å²) < 4.78 is 5.54. The Balaban J connectivity index is 1.60. The van der Waals surface area contributed by atoms with E-state index in [4.69, 9.17) is 10.00 Å². The molecule has 160 valence electrons. The molecule has 1 aliphatic heterocycles. The van der Waals surface area contributed by atoms with Crippen LogP contribution < -0.4 is 5.32 Å². The number of hydrogen-bond acceptors (Lipinski definition) is 5. The van der Waals surface area contributed by atoms with E-state index >= 15 is 0 Å². The van der Waals surface area contributed by atoms with Crippen molar-refractivity contribution in [1.29, 1.82) is 10.5 Å². The topological polar surface area (TPSA) is 89.1 Å². The van der Waals surface area contributed by atoms with Gasteiger partial charge in [0.25, 0.3) is 5.91 Å². The normalized spacial score (nSPS) is 16.1. The Kier molecular flexibility index (Phi) is 7.07. The third-order valence-corrected chi connectivity index (χ3v) is 5.59. The van der Waals surface area contributed by atoms with Crippen molar-refractivity contribution in [2.45, 2.75) is 31.9 Å². The van der Waals surface area contributed by atoms with Crippen LogP contribution in [0.15, 0.2) is 48.5 Å². The number of likely N-dealkylation sites (tertiary alicyclic amines) is 1. The van der Waals surface area contributed by atoms with Crippen molar-refractivity contribution >= 4 is 5.91 Å². The van der Waals surface area contributed by atoms with Crippen LogP contribution in [0.1, 0.15) is 25.0 Å². The first-order chi connectivity index (χ1) is 14.9. The maximum atomic E-state index is 12.8. The molecule has 1 N–H and O–H groups in total. The molecule has 1 aliphatic rings. The molecular weight excluding hydrogens is 388 g/mol. The van der Waals surface area contributed by atoms with Gasteiger partial charge in [-0.25, -0.2) is 0 Å². The zero-order chi connectivity index (χ0) is 22.4. The molecule has 2 aromatic carbocycles. The first-order valence-corrected chi connectivity index (χ1v) is 10.5. The van der Waals surface area contributed by atoms with Crippen LogP contribution in [0, 0.1) is 28.6 Å². The molecule has 1 saturated heterocycles. The lowest BCUT2D eigenvalue weighted by atomic mass is 9.91. The van der Waals surface area contributed by atoms with E-state index in [0.717, 1.165) is 23.2 Å². The summed E-state index contributed by atoms with van der Waals surface area (Å²) in [7, 11) is 1.55. The molecule has 31 heavy (non-hydrogen) atoms. The number of hydrogen-bond donors (Lipinski definition) is 1. The lowest BCUT2D eigenvalue weighted by Crippen LogP contribution is -2.70. The van der Waals surface area contributed by atoms with Gasteiger partial charge in [0.1, 0.15) is 6.04 Å². The number of nitrogens with one attached hydrogen (secondary N) is 1. The Morgan fingerprint density at radius 1 is 1.10 bits per heavy atom. The number of rotatable bonds is 8. The van der Waals surface area contributed by atoms with Gasteiger partial charge < -0.3 is 10.1 Å². The SMILES string of the molecule is COC1(C(=O)N[C@H](C#N)Cc2ccc(-c3ccc(C#N)cc3)cc2)CN(CC(C)C)C1. The van der Waals surface area contributed by atoms with E-state index < -0.39 is 11.6 Å². The number of nitrogens with zero attached hydrogens (tertiary/aromatic N) is 3. The molecule has 2 aromatic rings. The van der Waals surface area contributed by atoms with Crippen LogP contribution in [0.5, 0.6) is 0 Å². The van der Waals surface area contributed by atoms with E-state index in [0.29, 0.717) is 31.0 Å². The standard InChI is InChI=1S/C25H28N4O2/c1-18(2)15-29-16-25(17-29,31-3)24(30)28-23(14-27)12-19-4-8-21(9-5-19)22-10-6-20(13-26)7-11-22/h4-11,18,23H,12,15-17H2,1-3H3,(H,28,30)/t23-/m0/s1. The summed E-state index contributed by atoms with van der Waals surface area (Å²) in [6, 6.07) is 19.0. The van der Waals surface area contributed by atoms with Crippen molar-refractivity contribution in [3.05, 3.63) is 59.7 Å². The minimum absolute atomic E-state index is 0.226. The van der Waals surface area contributed by atoms with Gasteiger partial charge in [-0.1, -0.05) is 50.2 Å². The molecule has 0 bridgehead atoms. The van der Waals surface area contributed by atoms with Crippen molar-refractivity contribution in [2.24, 2.45) is 5.92 Å². The van der Waals surface area contributed by atoms with Gasteiger partial charge in [0.05, 0.1) is 17.7 Å². The third kappa shape index (κ3) is 5.30. The Morgan fingerprint density at radius 3 is 2.16 bits per heavy atom. The number of benzene rings is 2. The highest BCUT2D eigenvalue weighted by atomic mass is 16.5. The van der Waals surface area contributed by atoms with Crippen molar-refractivity contribution in [2.75, 3.05) is 26.7 Å². The van der Waals surface area contributed by atoms with E-state index in [9.17, 15) is 10.1 Å². The van der Waals surface area contributed by atoms with E-state index in [2.05, 4.69) is 36.2 Å². The maximum absolute atomic E-state index is 12.8. The highest BCUT2D eigenvalue weighted by Gasteiger charge is 2.50. The molecule has 0 aliphatic carbocycles. The fraction of sp³-hybridized carbons (Fsp3) is 0.400. The molecule has 3 rings (SSSR count). The predicted molar refractivity (Wildman–Crippen MR) is 119 cm³/mol. The van der Waals surface area contributed by atoms with Gasteiger partial charge in [-0.15, -0.1) is 0 Å². The predicted octanol–water partition coefficient (Wildman–Crippen LogP) is 3.13. The highest BCUT2D eigenvalue weighted by Crippen LogP contribution is 2.26. The van der Waals surface area contributed by atoms with Gasteiger partial charge >= 0.3 is 0 Å². The Morgan fingerprint density at radius 2 is 1.68 bits per heavy atom. The van der Waals surface area contributed by atoms with Crippen molar-refractivity contribution < 1.29 is 9.53 Å². The molecule has 0 saturated carbocycles. The molecule has 0 aromatic heterocycles. The van der Waals surface area contributed by atoms with E-state index in [1.807, 2.05) is 36.4 Å². The minimum Gasteiger partial charge on any atom is -0.366 e. The van der Waals surface area contributed by atoms with Crippen LogP contribution in [-0.2, 0) is 16.0 Å². The van der Waals surface area contributed by atoms with Crippen molar-refractivity contribution in [3.8, 4) is 23.3 Å². The zero-order valence-corrected chi connectivity index (χ0v) is 18.3. The average molecular weight is 417 g/mol. The van der Waals surface area contributed by atoms with Crippen molar-refractivity contribution in [3.63, 3.8) is 0 Å². The lowest BCUT2D eigenvalue weighted by molar-refractivity contribution is -0.168. The van der Waals surface area contributed by atoms with E-state index in [1.54, 1.807) is 19.2 Å². The molecule has 0 unspecified atom stereocenters. The maximum Gasteiger partial charge on any atom is 0.255 e. The minimum atomic E-state index is -0.872. The fourth-order valence-electron chi connectivity index (χ4n) is 3.91. The van der Waals surface area contributed by atoms with Crippen LogP contribution in [0.4, 0.5) is 0 Å². The van der Waals surface area contributed by atoms with Crippen LogP contribution in [0.2, 0.25) is 0 Å². The molecule has 1 amide bonds. The second kappa shape index (κ2) is 9.75. The van der Waals surface area contributed by atoms with Crippen molar-refractivity contribution in [1.82, 2.24) is 10.2 Å². The van der Waals surface area contributed by atoms with Crippen LogP contribution >= 0.6 is 0 Å². The second-order valence-corrected chi connectivity index (χ2v) is 8.51. The quantitative estimate of drug-likeness (QED) is 0.714. The zero-order valence-electron chi connectivity index (χ0n) is 18.3. The molecule has 1 heterocycles. The van der Waals surface area contributed by atoms with Gasteiger partial charge in [-0.05, 0) is 34.7 Å². The number of nitriles is 2. The third-order valence-electron chi connectivity index (χ3n) is 5.59. The molecule has 6 heteroatoms. The summed E-state index contributed by atoms with van der Waals surface area (Å²) in [6.45, 7) is 6.30. The van der Waals surface area contributed by atoms with Crippen LogP contribution in [0.3, 0.4) is 0 Å². The van der Waals surface area contributed by atoms with Gasteiger partial charge in [0.2, 0.25) is 0 Å². The molecular formula is C25H28N4O2. The first-order valence-electron chi connectivity index (χ1n) is 10.5.